The highest BCUT2D eigenvalue weighted by atomic mass is 16.2. The first-order valence-electron chi connectivity index (χ1n) is 3.02. The molecule has 0 saturated heterocycles. The summed E-state index contributed by atoms with van der Waals surface area (Å²) in [4.78, 5) is 20.9. The van der Waals surface area contributed by atoms with E-state index in [0.29, 0.717) is 12.8 Å². The first kappa shape index (κ1) is 7.05. The highest BCUT2D eigenvalue weighted by Gasteiger charge is 2.49. The molecule has 1 rings (SSSR count). The summed E-state index contributed by atoms with van der Waals surface area (Å²) >= 11 is 0. The predicted molar refractivity (Wildman–Crippen MR) is 34.4 cm³/mol. The van der Waals surface area contributed by atoms with Crippen molar-refractivity contribution in [3.63, 3.8) is 0 Å². The van der Waals surface area contributed by atoms with Crippen molar-refractivity contribution in [2.24, 2.45) is 16.9 Å². The number of carbonyl (C=O) groups is 2. The molecule has 4 N–H and O–H groups in total. The van der Waals surface area contributed by atoms with Gasteiger partial charge in [0.2, 0.25) is 11.8 Å². The van der Waals surface area contributed by atoms with E-state index in [0.717, 1.165) is 0 Å². The molecule has 0 aromatic carbocycles. The van der Waals surface area contributed by atoms with Gasteiger partial charge >= 0.3 is 0 Å². The lowest BCUT2D eigenvalue weighted by Crippen LogP contribution is -2.30. The largest absolute Gasteiger partial charge is 0.369 e. The summed E-state index contributed by atoms with van der Waals surface area (Å²) in [6, 6.07) is 0. The van der Waals surface area contributed by atoms with Crippen molar-refractivity contribution in [3.05, 3.63) is 6.42 Å². The molecule has 0 aromatic rings. The van der Waals surface area contributed by atoms with Gasteiger partial charge in [0.05, 0.1) is 11.8 Å². The fraction of sp³-hybridized carbons (Fsp3) is 0.500. The number of hydrogen-bond acceptors (Lipinski definition) is 2. The van der Waals surface area contributed by atoms with Crippen LogP contribution in [0.25, 0.3) is 0 Å². The zero-order chi connectivity index (χ0) is 7.78. The molecule has 4 nitrogen and oxygen atoms in total. The van der Waals surface area contributed by atoms with Crippen LogP contribution in [0.4, 0.5) is 0 Å². The first-order chi connectivity index (χ1) is 4.57. The van der Waals surface area contributed by atoms with Gasteiger partial charge in [0.1, 0.15) is 0 Å². The van der Waals surface area contributed by atoms with Crippen LogP contribution in [0.2, 0.25) is 0 Å². The van der Waals surface area contributed by atoms with Gasteiger partial charge < -0.3 is 11.5 Å². The molecule has 10 heavy (non-hydrogen) atoms. The number of rotatable bonds is 3. The molecule has 4 heteroatoms. The van der Waals surface area contributed by atoms with Gasteiger partial charge in [-0.05, 0) is 12.8 Å². The molecule has 0 heterocycles. The van der Waals surface area contributed by atoms with Gasteiger partial charge in [0, 0.05) is 0 Å². The van der Waals surface area contributed by atoms with Crippen LogP contribution in [0.3, 0.4) is 0 Å². The van der Waals surface area contributed by atoms with E-state index < -0.39 is 17.2 Å². The molecule has 0 unspecified atom stereocenters. The van der Waals surface area contributed by atoms with Crippen LogP contribution >= 0.6 is 0 Å². The maximum Gasteiger partial charge on any atom is 0.224 e. The Morgan fingerprint density at radius 3 is 1.90 bits per heavy atom. The van der Waals surface area contributed by atoms with Crippen molar-refractivity contribution in [3.8, 4) is 0 Å². The Morgan fingerprint density at radius 2 is 1.80 bits per heavy atom. The van der Waals surface area contributed by atoms with Gasteiger partial charge in [-0.25, -0.2) is 0 Å². The van der Waals surface area contributed by atoms with E-state index in [-0.39, 0.29) is 0 Å². The fourth-order valence-corrected chi connectivity index (χ4v) is 0.869. The first-order valence-corrected chi connectivity index (χ1v) is 3.02. The van der Waals surface area contributed by atoms with Gasteiger partial charge in [-0.3, -0.25) is 9.59 Å². The van der Waals surface area contributed by atoms with Crippen LogP contribution in [0.5, 0.6) is 0 Å². The topological polar surface area (TPSA) is 86.2 Å². The molecule has 0 atom stereocenters. The molecule has 1 fully saturated rings. The standard InChI is InChI=1S/C6H9N2O2/c7-4(9)3-6(1-2-6)5(8)10/h3H,1-2H2,(H2,7,9)(H2,8,10). The van der Waals surface area contributed by atoms with Crippen LogP contribution in [-0.4, -0.2) is 11.8 Å². The Morgan fingerprint density at radius 1 is 1.30 bits per heavy atom. The van der Waals surface area contributed by atoms with E-state index in [9.17, 15) is 9.59 Å². The van der Waals surface area contributed by atoms with Crippen molar-refractivity contribution in [1.82, 2.24) is 0 Å². The number of primary amides is 2. The molecule has 1 saturated carbocycles. The number of amides is 2. The predicted octanol–water partition coefficient (Wildman–Crippen LogP) is -1.06. The van der Waals surface area contributed by atoms with Gasteiger partial charge in [-0.1, -0.05) is 0 Å². The minimum atomic E-state index is -0.689. The number of hydrogen-bond donors (Lipinski definition) is 2. The van der Waals surface area contributed by atoms with Crippen molar-refractivity contribution in [2.75, 3.05) is 0 Å². The Balaban J connectivity index is 2.53. The summed E-state index contributed by atoms with van der Waals surface area (Å²) in [5, 5.41) is 0. The van der Waals surface area contributed by atoms with Crippen LogP contribution in [-0.2, 0) is 9.59 Å². The van der Waals surface area contributed by atoms with Gasteiger partial charge in [0.25, 0.3) is 0 Å². The molecular formula is C6H9N2O2. The molecule has 2 amide bonds. The van der Waals surface area contributed by atoms with E-state index in [1.54, 1.807) is 0 Å². The summed E-state index contributed by atoms with van der Waals surface area (Å²) in [6.45, 7) is 0. The second-order valence-electron chi connectivity index (χ2n) is 2.57. The maximum absolute atomic E-state index is 10.6. The summed E-state index contributed by atoms with van der Waals surface area (Å²) in [6.07, 6.45) is 2.52. The quantitative estimate of drug-likeness (QED) is 0.525. The zero-order valence-corrected chi connectivity index (χ0v) is 5.46. The molecular weight excluding hydrogens is 132 g/mol. The lowest BCUT2D eigenvalue weighted by atomic mass is 10.0. The van der Waals surface area contributed by atoms with Crippen molar-refractivity contribution >= 4 is 11.8 Å². The number of nitrogens with two attached hydrogens (primary N) is 2. The molecule has 0 aliphatic heterocycles. The van der Waals surface area contributed by atoms with Crippen molar-refractivity contribution < 1.29 is 9.59 Å². The van der Waals surface area contributed by atoms with E-state index in [4.69, 9.17) is 11.5 Å². The Hall–Kier alpha value is -1.06. The Bertz CT molecular complexity index is 184. The lowest BCUT2D eigenvalue weighted by molar-refractivity contribution is -0.124. The Kier molecular flexibility index (Phi) is 1.39. The van der Waals surface area contributed by atoms with E-state index in [1.807, 2.05) is 0 Å². The molecule has 0 bridgehead atoms. The second-order valence-corrected chi connectivity index (χ2v) is 2.57. The second kappa shape index (κ2) is 1.97. The third-order valence-corrected chi connectivity index (χ3v) is 1.70. The van der Waals surface area contributed by atoms with Gasteiger partial charge in [-0.2, -0.15) is 0 Å². The normalized spacial score (nSPS) is 20.0. The molecule has 1 aliphatic carbocycles. The minimum Gasteiger partial charge on any atom is -0.369 e. The monoisotopic (exact) mass is 141 g/mol. The molecule has 1 aliphatic rings. The average molecular weight is 141 g/mol. The van der Waals surface area contributed by atoms with Crippen LogP contribution in [0.1, 0.15) is 12.8 Å². The molecule has 55 valence electrons. The molecule has 1 radical (unpaired) electrons. The minimum absolute atomic E-state index is 0.452. The van der Waals surface area contributed by atoms with E-state index in [2.05, 4.69) is 0 Å². The SMILES string of the molecule is NC(=O)[CH]C1(C(N)=O)CC1. The number of carbonyl (C=O) groups excluding carboxylic acids is 2. The smallest absolute Gasteiger partial charge is 0.224 e. The average Bonchev–Trinajstić information content (AvgIpc) is 2.46. The summed E-state index contributed by atoms with van der Waals surface area (Å²) < 4.78 is 0. The molecule has 0 aromatic heterocycles. The van der Waals surface area contributed by atoms with Crippen molar-refractivity contribution in [2.45, 2.75) is 12.8 Å². The Labute approximate surface area is 58.6 Å². The summed E-state index contributed by atoms with van der Waals surface area (Å²) in [5.41, 5.74) is 9.17. The fourth-order valence-electron chi connectivity index (χ4n) is 0.869. The highest BCUT2D eigenvalue weighted by molar-refractivity contribution is 5.95. The van der Waals surface area contributed by atoms with Crippen LogP contribution in [0, 0.1) is 11.8 Å². The van der Waals surface area contributed by atoms with Crippen molar-refractivity contribution in [1.29, 1.82) is 0 Å². The van der Waals surface area contributed by atoms with E-state index >= 15 is 0 Å². The highest BCUT2D eigenvalue weighted by Crippen LogP contribution is 2.47. The van der Waals surface area contributed by atoms with E-state index in [1.165, 1.54) is 6.42 Å². The van der Waals surface area contributed by atoms with Gasteiger partial charge in [-0.15, -0.1) is 0 Å². The summed E-state index contributed by atoms with van der Waals surface area (Å²) in [5.74, 6) is -1.03. The van der Waals surface area contributed by atoms with Crippen LogP contribution in [0.15, 0.2) is 0 Å². The van der Waals surface area contributed by atoms with Crippen LogP contribution < -0.4 is 11.5 Å². The third-order valence-electron chi connectivity index (χ3n) is 1.70. The third kappa shape index (κ3) is 1.10. The lowest BCUT2D eigenvalue weighted by Gasteiger charge is -2.04. The van der Waals surface area contributed by atoms with Gasteiger partial charge in [0.15, 0.2) is 0 Å². The molecule has 0 spiro atoms. The zero-order valence-electron chi connectivity index (χ0n) is 5.46. The maximum atomic E-state index is 10.6. The summed E-state index contributed by atoms with van der Waals surface area (Å²) in [7, 11) is 0.